The van der Waals surface area contributed by atoms with Gasteiger partial charge in [-0.15, -0.1) is 0 Å². The summed E-state index contributed by atoms with van der Waals surface area (Å²) in [7, 11) is 3.47. The summed E-state index contributed by atoms with van der Waals surface area (Å²) in [5.41, 5.74) is 2.77. The molecule has 100 valence electrons. The zero-order valence-electron chi connectivity index (χ0n) is 11.5. The quantitative estimate of drug-likeness (QED) is 0.774. The first-order valence-corrected chi connectivity index (χ1v) is 6.26. The van der Waals surface area contributed by atoms with Gasteiger partial charge in [-0.2, -0.15) is 5.10 Å². The minimum Gasteiger partial charge on any atom is -0.496 e. The molecule has 4 heteroatoms. The lowest BCUT2D eigenvalue weighted by Gasteiger charge is -2.08. The van der Waals surface area contributed by atoms with Crippen molar-refractivity contribution in [2.24, 2.45) is 7.05 Å². The van der Waals surface area contributed by atoms with E-state index in [9.17, 15) is 4.79 Å². The third kappa shape index (κ3) is 3.02. The number of ether oxygens (including phenoxy) is 1. The van der Waals surface area contributed by atoms with E-state index in [1.807, 2.05) is 38.2 Å². The van der Waals surface area contributed by atoms with Crippen molar-refractivity contribution in [1.82, 2.24) is 9.78 Å². The van der Waals surface area contributed by atoms with E-state index >= 15 is 0 Å². The molecule has 0 saturated heterocycles. The van der Waals surface area contributed by atoms with Crippen molar-refractivity contribution in [3.05, 3.63) is 47.3 Å². The van der Waals surface area contributed by atoms with Gasteiger partial charge < -0.3 is 4.74 Å². The zero-order chi connectivity index (χ0) is 13.8. The van der Waals surface area contributed by atoms with Crippen LogP contribution in [0, 0.1) is 6.92 Å². The smallest absolute Gasteiger partial charge is 0.166 e. The standard InChI is InChI=1S/C15H18N2O2/c1-11-4-7-15(19-3)13(10-11)14(18)6-5-12-8-9-16-17(12)2/h4,7-10H,5-6H2,1-3H3. The molecule has 4 nitrogen and oxygen atoms in total. The van der Waals surface area contributed by atoms with Crippen LogP contribution in [0.2, 0.25) is 0 Å². The van der Waals surface area contributed by atoms with Crippen LogP contribution >= 0.6 is 0 Å². The number of benzene rings is 1. The molecule has 0 aliphatic carbocycles. The highest BCUT2D eigenvalue weighted by molar-refractivity contribution is 5.98. The first-order chi connectivity index (χ1) is 9.11. The average molecular weight is 258 g/mol. The Bertz CT molecular complexity index is 588. The number of aryl methyl sites for hydroxylation is 3. The van der Waals surface area contributed by atoms with Gasteiger partial charge in [0, 0.05) is 25.4 Å². The fraction of sp³-hybridized carbons (Fsp3) is 0.333. The number of hydrogen-bond acceptors (Lipinski definition) is 3. The molecular weight excluding hydrogens is 240 g/mol. The highest BCUT2D eigenvalue weighted by Crippen LogP contribution is 2.21. The van der Waals surface area contributed by atoms with Gasteiger partial charge in [-0.05, 0) is 31.5 Å². The van der Waals surface area contributed by atoms with Crippen LogP contribution in [0.1, 0.15) is 28.0 Å². The number of methoxy groups -OCH3 is 1. The topological polar surface area (TPSA) is 44.1 Å². The van der Waals surface area contributed by atoms with Crippen LogP contribution in [0.3, 0.4) is 0 Å². The average Bonchev–Trinajstić information content (AvgIpc) is 2.81. The van der Waals surface area contributed by atoms with Gasteiger partial charge in [0.2, 0.25) is 0 Å². The van der Waals surface area contributed by atoms with E-state index in [-0.39, 0.29) is 5.78 Å². The Hall–Kier alpha value is -2.10. The number of hydrogen-bond donors (Lipinski definition) is 0. The molecule has 1 aromatic heterocycles. The van der Waals surface area contributed by atoms with Gasteiger partial charge in [0.25, 0.3) is 0 Å². The summed E-state index contributed by atoms with van der Waals surface area (Å²) in [6, 6.07) is 7.59. The monoisotopic (exact) mass is 258 g/mol. The largest absolute Gasteiger partial charge is 0.496 e. The van der Waals surface area contributed by atoms with Crippen molar-refractivity contribution in [3.8, 4) is 5.75 Å². The van der Waals surface area contributed by atoms with E-state index in [1.165, 1.54) is 0 Å². The highest BCUT2D eigenvalue weighted by atomic mass is 16.5. The predicted molar refractivity (Wildman–Crippen MR) is 73.6 cm³/mol. The summed E-state index contributed by atoms with van der Waals surface area (Å²) in [5, 5.41) is 4.10. The van der Waals surface area contributed by atoms with Crippen LogP contribution in [-0.4, -0.2) is 22.7 Å². The second-order valence-electron chi connectivity index (χ2n) is 4.57. The van der Waals surface area contributed by atoms with Crippen molar-refractivity contribution >= 4 is 5.78 Å². The van der Waals surface area contributed by atoms with E-state index in [0.29, 0.717) is 24.2 Å². The lowest BCUT2D eigenvalue weighted by Crippen LogP contribution is -2.06. The molecule has 19 heavy (non-hydrogen) atoms. The number of Topliss-reactive ketones (excluding diaryl/α,β-unsaturated/α-hetero) is 1. The lowest BCUT2D eigenvalue weighted by atomic mass is 10.0. The molecule has 0 saturated carbocycles. The van der Waals surface area contributed by atoms with E-state index in [4.69, 9.17) is 4.74 Å². The lowest BCUT2D eigenvalue weighted by molar-refractivity contribution is 0.0979. The number of nitrogens with zero attached hydrogens (tertiary/aromatic N) is 2. The fourth-order valence-corrected chi connectivity index (χ4v) is 2.06. The molecule has 1 heterocycles. The Morgan fingerprint density at radius 2 is 2.16 bits per heavy atom. The number of carbonyl (C=O) groups excluding carboxylic acids is 1. The van der Waals surface area contributed by atoms with Crippen molar-refractivity contribution in [1.29, 1.82) is 0 Å². The Labute approximate surface area is 113 Å². The second kappa shape index (κ2) is 5.69. The molecule has 0 aliphatic heterocycles. The Morgan fingerprint density at radius 3 is 2.79 bits per heavy atom. The van der Waals surface area contributed by atoms with Crippen molar-refractivity contribution in [3.63, 3.8) is 0 Å². The zero-order valence-corrected chi connectivity index (χ0v) is 11.5. The van der Waals surface area contributed by atoms with Crippen LogP contribution in [0.4, 0.5) is 0 Å². The summed E-state index contributed by atoms with van der Waals surface area (Å²) in [4.78, 5) is 12.3. The molecule has 0 unspecified atom stereocenters. The van der Waals surface area contributed by atoms with Crippen LogP contribution < -0.4 is 4.74 Å². The van der Waals surface area contributed by atoms with E-state index < -0.39 is 0 Å². The minimum absolute atomic E-state index is 0.0988. The SMILES string of the molecule is COc1ccc(C)cc1C(=O)CCc1ccnn1C. The molecule has 0 amide bonds. The second-order valence-corrected chi connectivity index (χ2v) is 4.57. The number of ketones is 1. The third-order valence-electron chi connectivity index (χ3n) is 3.19. The molecule has 0 atom stereocenters. The van der Waals surface area contributed by atoms with Gasteiger partial charge >= 0.3 is 0 Å². The van der Waals surface area contributed by atoms with Gasteiger partial charge in [0.15, 0.2) is 5.78 Å². The number of carbonyl (C=O) groups is 1. The maximum atomic E-state index is 12.3. The normalized spacial score (nSPS) is 10.5. The molecule has 0 spiro atoms. The minimum atomic E-state index is 0.0988. The summed E-state index contributed by atoms with van der Waals surface area (Å²) in [6.45, 7) is 1.97. The first kappa shape index (κ1) is 13.3. The summed E-state index contributed by atoms with van der Waals surface area (Å²) < 4.78 is 7.04. The maximum absolute atomic E-state index is 12.3. The van der Waals surface area contributed by atoms with Crippen LogP contribution in [-0.2, 0) is 13.5 Å². The summed E-state index contributed by atoms with van der Waals surface area (Å²) in [6.07, 6.45) is 2.89. The first-order valence-electron chi connectivity index (χ1n) is 6.26. The van der Waals surface area contributed by atoms with Gasteiger partial charge in [0.05, 0.1) is 12.7 Å². The number of aromatic nitrogens is 2. The molecule has 0 aliphatic rings. The van der Waals surface area contributed by atoms with Gasteiger partial charge in [-0.25, -0.2) is 0 Å². The fourth-order valence-electron chi connectivity index (χ4n) is 2.06. The van der Waals surface area contributed by atoms with Crippen molar-refractivity contribution in [2.45, 2.75) is 19.8 Å². The molecule has 0 fully saturated rings. The van der Waals surface area contributed by atoms with Crippen molar-refractivity contribution < 1.29 is 9.53 Å². The molecule has 0 radical (unpaired) electrons. The molecule has 1 aromatic carbocycles. The molecule has 0 N–H and O–H groups in total. The van der Waals surface area contributed by atoms with Crippen LogP contribution in [0.25, 0.3) is 0 Å². The predicted octanol–water partition coefficient (Wildman–Crippen LogP) is 2.55. The molecular formula is C15H18N2O2. The van der Waals surface area contributed by atoms with Gasteiger partial charge in [-0.3, -0.25) is 9.48 Å². The molecule has 2 aromatic rings. The summed E-state index contributed by atoms with van der Waals surface area (Å²) in [5.74, 6) is 0.738. The van der Waals surface area contributed by atoms with Crippen LogP contribution in [0.5, 0.6) is 5.75 Å². The van der Waals surface area contributed by atoms with Crippen LogP contribution in [0.15, 0.2) is 30.5 Å². The van der Waals surface area contributed by atoms with E-state index in [0.717, 1.165) is 11.3 Å². The highest BCUT2D eigenvalue weighted by Gasteiger charge is 2.13. The maximum Gasteiger partial charge on any atom is 0.166 e. The number of rotatable bonds is 5. The van der Waals surface area contributed by atoms with Gasteiger partial charge in [0.1, 0.15) is 5.75 Å². The van der Waals surface area contributed by atoms with E-state index in [1.54, 1.807) is 18.0 Å². The Morgan fingerprint density at radius 1 is 1.37 bits per heavy atom. The molecule has 0 bridgehead atoms. The van der Waals surface area contributed by atoms with Crippen molar-refractivity contribution in [2.75, 3.05) is 7.11 Å². The van der Waals surface area contributed by atoms with Gasteiger partial charge in [-0.1, -0.05) is 11.6 Å². The third-order valence-corrected chi connectivity index (χ3v) is 3.19. The Kier molecular flexibility index (Phi) is 4.00. The molecule has 2 rings (SSSR count). The Balaban J connectivity index is 2.12. The summed E-state index contributed by atoms with van der Waals surface area (Å²) >= 11 is 0. The van der Waals surface area contributed by atoms with E-state index in [2.05, 4.69) is 5.10 Å².